The van der Waals surface area contributed by atoms with E-state index in [0.717, 1.165) is 18.9 Å². The number of amides is 1. The van der Waals surface area contributed by atoms with Gasteiger partial charge in [-0.05, 0) is 56.7 Å². The average molecular weight is 476 g/mol. The lowest BCUT2D eigenvalue weighted by molar-refractivity contribution is -0.192. The summed E-state index contributed by atoms with van der Waals surface area (Å²) in [5.74, 6) is -0.857. The fourth-order valence-corrected chi connectivity index (χ4v) is 4.87. The van der Waals surface area contributed by atoms with Gasteiger partial charge < -0.3 is 14.3 Å². The molecule has 3 fully saturated rings. The number of halogens is 4. The van der Waals surface area contributed by atoms with E-state index < -0.39 is 17.4 Å². The summed E-state index contributed by atoms with van der Waals surface area (Å²) < 4.78 is 59.5. The Morgan fingerprint density at radius 1 is 1.18 bits per heavy atom. The van der Waals surface area contributed by atoms with Gasteiger partial charge in [-0.1, -0.05) is 5.16 Å². The summed E-state index contributed by atoms with van der Waals surface area (Å²) in [6, 6.07) is 7.22. The van der Waals surface area contributed by atoms with E-state index in [4.69, 9.17) is 9.78 Å². The highest BCUT2D eigenvalue weighted by Gasteiger charge is 2.63. The van der Waals surface area contributed by atoms with Gasteiger partial charge >= 0.3 is 6.18 Å². The molecule has 2 aromatic rings. The van der Waals surface area contributed by atoms with Gasteiger partial charge in [-0.15, -0.1) is 0 Å². The van der Waals surface area contributed by atoms with Gasteiger partial charge in [0, 0.05) is 37.8 Å². The molecule has 1 aromatic heterocycles. The summed E-state index contributed by atoms with van der Waals surface area (Å²) in [4.78, 5) is 17.0. The standard InChI is InChI=1S/C24H24F4N4O2/c25-19-11-15(13-29)1-4-18(19)21-12-20(30-34-21)22(33)32(16-2-3-16)17-5-9-31(10-6-17)14-23(7-8-23)24(26,27)28/h1,4,11-12,16-17H,2-3,5-10,14H2. The molecule has 1 saturated heterocycles. The number of hydrogen-bond donors (Lipinski definition) is 0. The van der Waals surface area contributed by atoms with E-state index in [1.165, 1.54) is 18.2 Å². The molecule has 0 N–H and O–H groups in total. The third kappa shape index (κ3) is 4.29. The third-order valence-electron chi connectivity index (χ3n) is 7.20. The molecule has 5 rings (SSSR count). The van der Waals surface area contributed by atoms with Gasteiger partial charge in [0.15, 0.2) is 11.5 Å². The van der Waals surface area contributed by atoms with E-state index in [-0.39, 0.29) is 60.0 Å². The number of carbonyl (C=O) groups is 1. The molecule has 1 aliphatic heterocycles. The number of benzene rings is 1. The second-order valence-electron chi connectivity index (χ2n) is 9.61. The van der Waals surface area contributed by atoms with Crippen molar-refractivity contribution >= 4 is 5.91 Å². The van der Waals surface area contributed by atoms with Gasteiger partial charge in [-0.25, -0.2) is 4.39 Å². The first-order valence-electron chi connectivity index (χ1n) is 11.5. The van der Waals surface area contributed by atoms with E-state index in [9.17, 15) is 22.4 Å². The molecule has 10 heteroatoms. The lowest BCUT2D eigenvalue weighted by Crippen LogP contribution is -2.50. The molecule has 2 aliphatic carbocycles. The van der Waals surface area contributed by atoms with Crippen molar-refractivity contribution < 1.29 is 26.9 Å². The Balaban J connectivity index is 1.26. The summed E-state index contributed by atoms with van der Waals surface area (Å²) >= 11 is 0. The monoisotopic (exact) mass is 476 g/mol. The maximum absolute atomic E-state index is 14.3. The quantitative estimate of drug-likeness (QED) is 0.562. The zero-order chi connectivity index (χ0) is 24.1. The molecule has 34 heavy (non-hydrogen) atoms. The Morgan fingerprint density at radius 3 is 2.41 bits per heavy atom. The van der Waals surface area contributed by atoms with Crippen LogP contribution in [0.15, 0.2) is 28.8 Å². The largest absolute Gasteiger partial charge is 0.395 e. The van der Waals surface area contributed by atoms with Gasteiger partial charge in [0.25, 0.3) is 5.91 Å². The second kappa shape index (κ2) is 8.38. The lowest BCUT2D eigenvalue weighted by Gasteiger charge is -2.39. The summed E-state index contributed by atoms with van der Waals surface area (Å²) in [5, 5.41) is 12.8. The zero-order valence-corrected chi connectivity index (χ0v) is 18.4. The molecule has 1 amide bonds. The van der Waals surface area contributed by atoms with Crippen LogP contribution in [0.2, 0.25) is 0 Å². The number of carbonyl (C=O) groups excluding carboxylic acids is 1. The molecule has 1 aromatic carbocycles. The molecular weight excluding hydrogens is 452 g/mol. The molecule has 0 radical (unpaired) electrons. The molecule has 2 saturated carbocycles. The minimum Gasteiger partial charge on any atom is -0.355 e. The maximum atomic E-state index is 14.3. The van der Waals surface area contributed by atoms with E-state index in [0.29, 0.717) is 25.9 Å². The molecule has 0 unspecified atom stereocenters. The highest BCUT2D eigenvalue weighted by molar-refractivity contribution is 5.93. The summed E-state index contributed by atoms with van der Waals surface area (Å²) in [7, 11) is 0. The van der Waals surface area contributed by atoms with Crippen LogP contribution in [0.1, 0.15) is 54.6 Å². The average Bonchev–Trinajstić information content (AvgIpc) is 3.73. The number of nitrogens with zero attached hydrogens (tertiary/aromatic N) is 4. The molecular formula is C24H24F4N4O2. The number of aromatic nitrogens is 1. The lowest BCUT2D eigenvalue weighted by atomic mass is 9.99. The Labute approximate surface area is 194 Å². The Bertz CT molecular complexity index is 1120. The van der Waals surface area contributed by atoms with Crippen molar-refractivity contribution in [1.82, 2.24) is 15.0 Å². The van der Waals surface area contributed by atoms with Crippen LogP contribution < -0.4 is 0 Å². The number of likely N-dealkylation sites (tertiary alicyclic amines) is 1. The second-order valence-corrected chi connectivity index (χ2v) is 9.61. The van der Waals surface area contributed by atoms with Gasteiger partial charge in [0.1, 0.15) is 5.82 Å². The summed E-state index contributed by atoms with van der Waals surface area (Å²) in [5.41, 5.74) is -1.20. The van der Waals surface area contributed by atoms with Gasteiger partial charge in [-0.3, -0.25) is 4.79 Å². The molecule has 2 heterocycles. The Kier molecular flexibility index (Phi) is 5.63. The third-order valence-corrected chi connectivity index (χ3v) is 7.20. The van der Waals surface area contributed by atoms with Gasteiger partial charge in [-0.2, -0.15) is 18.4 Å². The molecule has 3 aliphatic rings. The number of piperidine rings is 1. The van der Waals surface area contributed by atoms with E-state index in [1.54, 1.807) is 4.90 Å². The van der Waals surface area contributed by atoms with Crippen molar-refractivity contribution in [2.24, 2.45) is 5.41 Å². The number of rotatable bonds is 6. The highest BCUT2D eigenvalue weighted by Crippen LogP contribution is 2.58. The minimum absolute atomic E-state index is 0.0311. The molecule has 0 atom stereocenters. The van der Waals surface area contributed by atoms with Crippen LogP contribution in [0.25, 0.3) is 11.3 Å². The SMILES string of the molecule is N#Cc1ccc(-c2cc(C(=O)N(C3CC3)C3CCN(CC4(C(F)(F)F)CC4)CC3)no2)c(F)c1. The summed E-state index contributed by atoms with van der Waals surface area (Å²) in [6.45, 7) is 1.06. The first-order chi connectivity index (χ1) is 16.2. The smallest absolute Gasteiger partial charge is 0.355 e. The zero-order valence-electron chi connectivity index (χ0n) is 18.4. The van der Waals surface area contributed by atoms with Gasteiger partial charge in [0.05, 0.1) is 22.6 Å². The minimum atomic E-state index is -4.17. The Hall–Kier alpha value is -2.93. The van der Waals surface area contributed by atoms with Crippen LogP contribution in [-0.2, 0) is 0 Å². The van der Waals surface area contributed by atoms with E-state index in [2.05, 4.69) is 5.16 Å². The van der Waals surface area contributed by atoms with Crippen LogP contribution >= 0.6 is 0 Å². The van der Waals surface area contributed by atoms with Gasteiger partial charge in [0.2, 0.25) is 0 Å². The molecule has 6 nitrogen and oxygen atoms in total. The van der Waals surface area contributed by atoms with E-state index in [1.807, 2.05) is 11.0 Å². The van der Waals surface area contributed by atoms with Crippen molar-refractivity contribution in [2.75, 3.05) is 19.6 Å². The summed E-state index contributed by atoms with van der Waals surface area (Å²) in [6.07, 6.45) is -0.833. The maximum Gasteiger partial charge on any atom is 0.395 e. The number of nitriles is 1. The predicted molar refractivity (Wildman–Crippen MR) is 113 cm³/mol. The molecule has 180 valence electrons. The highest BCUT2D eigenvalue weighted by atomic mass is 19.4. The topological polar surface area (TPSA) is 73.4 Å². The normalized spacial score (nSPS) is 20.7. The van der Waals surface area contributed by atoms with Crippen molar-refractivity contribution in [1.29, 1.82) is 5.26 Å². The Morgan fingerprint density at radius 2 is 1.85 bits per heavy atom. The van der Waals surface area contributed by atoms with E-state index >= 15 is 0 Å². The van der Waals surface area contributed by atoms with Crippen LogP contribution in [-0.4, -0.2) is 58.8 Å². The first-order valence-corrected chi connectivity index (χ1v) is 11.5. The van der Waals surface area contributed by atoms with Crippen molar-refractivity contribution in [3.8, 4) is 17.4 Å². The number of hydrogen-bond acceptors (Lipinski definition) is 5. The van der Waals surface area contributed by atoms with Crippen molar-refractivity contribution in [2.45, 2.75) is 56.8 Å². The number of alkyl halides is 3. The van der Waals surface area contributed by atoms with Crippen LogP contribution in [0.5, 0.6) is 0 Å². The van der Waals surface area contributed by atoms with Crippen LogP contribution in [0.3, 0.4) is 0 Å². The van der Waals surface area contributed by atoms with Crippen LogP contribution in [0, 0.1) is 22.6 Å². The van der Waals surface area contributed by atoms with Crippen molar-refractivity contribution in [3.63, 3.8) is 0 Å². The predicted octanol–water partition coefficient (Wildman–Crippen LogP) is 4.76. The fourth-order valence-electron chi connectivity index (χ4n) is 4.87. The fraction of sp³-hybridized carbons (Fsp3) is 0.542. The van der Waals surface area contributed by atoms with Crippen LogP contribution in [0.4, 0.5) is 17.6 Å². The molecule has 0 spiro atoms. The molecule has 0 bridgehead atoms. The van der Waals surface area contributed by atoms with Crippen molar-refractivity contribution in [3.05, 3.63) is 41.3 Å². The first kappa shape index (κ1) is 22.8.